The lowest BCUT2D eigenvalue weighted by Gasteiger charge is -2.38. The first-order valence-electron chi connectivity index (χ1n) is 8.64. The quantitative estimate of drug-likeness (QED) is 0.872. The summed E-state index contributed by atoms with van der Waals surface area (Å²) < 4.78 is 19.3. The van der Waals surface area contributed by atoms with Crippen molar-refractivity contribution >= 4 is 16.8 Å². The molecule has 1 fully saturated rings. The summed E-state index contributed by atoms with van der Waals surface area (Å²) in [4.78, 5) is 17.4. The first-order chi connectivity index (χ1) is 12.0. The summed E-state index contributed by atoms with van der Waals surface area (Å²) >= 11 is 0. The van der Waals surface area contributed by atoms with Gasteiger partial charge in [-0.05, 0) is 31.4 Å². The lowest BCUT2D eigenvalue weighted by Crippen LogP contribution is -2.45. The van der Waals surface area contributed by atoms with Crippen LogP contribution < -0.4 is 0 Å². The molecule has 3 rings (SSSR count). The van der Waals surface area contributed by atoms with E-state index < -0.39 is 0 Å². The molecular formula is C19H25FN2O3. The number of hydrogen-bond donors (Lipinski definition) is 2. The molecule has 2 heterocycles. The highest BCUT2D eigenvalue weighted by Gasteiger charge is 2.34. The second kappa shape index (κ2) is 7.14. The smallest absolute Gasteiger partial charge is 0.226 e. The summed E-state index contributed by atoms with van der Waals surface area (Å²) in [5, 5.41) is 10.6. The van der Waals surface area contributed by atoms with Gasteiger partial charge in [-0.25, -0.2) is 4.39 Å². The van der Waals surface area contributed by atoms with Crippen molar-refractivity contribution in [3.8, 4) is 0 Å². The number of nitrogens with one attached hydrogen (secondary N) is 1. The van der Waals surface area contributed by atoms with Gasteiger partial charge < -0.3 is 19.7 Å². The number of para-hydroxylation sites is 1. The van der Waals surface area contributed by atoms with Gasteiger partial charge in [0.05, 0.1) is 18.5 Å². The lowest BCUT2D eigenvalue weighted by atomic mass is 9.80. The monoisotopic (exact) mass is 348 g/mol. The third kappa shape index (κ3) is 3.55. The second-order valence-corrected chi connectivity index (χ2v) is 7.09. The summed E-state index contributed by atoms with van der Waals surface area (Å²) in [5.74, 6) is -0.346. The number of hydrogen-bond acceptors (Lipinski definition) is 3. The van der Waals surface area contributed by atoms with Crippen LogP contribution >= 0.6 is 0 Å². The maximum Gasteiger partial charge on any atom is 0.226 e. The number of carbonyl (C=O) groups is 1. The minimum Gasteiger partial charge on any atom is -0.396 e. The zero-order valence-electron chi connectivity index (χ0n) is 14.8. The van der Waals surface area contributed by atoms with Crippen LogP contribution in [-0.2, 0) is 16.0 Å². The van der Waals surface area contributed by atoms with Crippen LogP contribution in [0.5, 0.6) is 0 Å². The van der Waals surface area contributed by atoms with Crippen molar-refractivity contribution in [2.45, 2.75) is 26.2 Å². The van der Waals surface area contributed by atoms with Crippen molar-refractivity contribution in [1.29, 1.82) is 0 Å². The number of ether oxygens (including phenoxy) is 1. The van der Waals surface area contributed by atoms with E-state index in [0.29, 0.717) is 25.3 Å². The molecule has 2 aromatic rings. The van der Waals surface area contributed by atoms with Crippen LogP contribution in [0.3, 0.4) is 0 Å². The molecule has 0 unspecified atom stereocenters. The van der Waals surface area contributed by atoms with Crippen molar-refractivity contribution in [3.63, 3.8) is 0 Å². The highest BCUT2D eigenvalue weighted by Crippen LogP contribution is 2.31. The molecule has 136 valence electrons. The van der Waals surface area contributed by atoms with Gasteiger partial charge in [0.15, 0.2) is 0 Å². The lowest BCUT2D eigenvalue weighted by molar-refractivity contribution is -0.132. The number of amides is 1. The zero-order valence-corrected chi connectivity index (χ0v) is 14.8. The molecule has 5 nitrogen and oxygen atoms in total. The van der Waals surface area contributed by atoms with Gasteiger partial charge in [0.25, 0.3) is 0 Å². The van der Waals surface area contributed by atoms with Gasteiger partial charge in [-0.3, -0.25) is 4.79 Å². The highest BCUT2D eigenvalue weighted by atomic mass is 19.1. The number of benzene rings is 1. The van der Waals surface area contributed by atoms with Crippen LogP contribution in [0.2, 0.25) is 0 Å². The maximum absolute atomic E-state index is 13.9. The Morgan fingerprint density at radius 3 is 2.80 bits per heavy atom. The molecule has 0 radical (unpaired) electrons. The number of nitrogens with zero attached hydrogens (tertiary/aromatic N) is 1. The van der Waals surface area contributed by atoms with Crippen molar-refractivity contribution in [2.75, 3.05) is 33.4 Å². The van der Waals surface area contributed by atoms with E-state index in [1.54, 1.807) is 18.0 Å². The predicted octanol–water partition coefficient (Wildman–Crippen LogP) is 2.41. The molecule has 2 N–H and O–H groups in total. The Hall–Kier alpha value is -1.92. The molecule has 1 amide bonds. The summed E-state index contributed by atoms with van der Waals surface area (Å²) in [5.41, 5.74) is 1.80. The molecule has 0 bridgehead atoms. The van der Waals surface area contributed by atoms with E-state index in [4.69, 9.17) is 4.74 Å². The van der Waals surface area contributed by atoms with E-state index in [1.165, 1.54) is 6.07 Å². The summed E-state index contributed by atoms with van der Waals surface area (Å²) in [6.07, 6.45) is 1.71. The van der Waals surface area contributed by atoms with Crippen molar-refractivity contribution in [1.82, 2.24) is 9.88 Å². The Kier molecular flexibility index (Phi) is 5.11. The van der Waals surface area contributed by atoms with Crippen LogP contribution in [0.15, 0.2) is 18.2 Å². The third-order valence-electron chi connectivity index (χ3n) is 5.32. The molecule has 1 saturated heterocycles. The normalized spacial score (nSPS) is 17.0. The molecular weight excluding hydrogens is 323 g/mol. The molecule has 0 saturated carbocycles. The average molecular weight is 348 g/mol. The predicted molar refractivity (Wildman–Crippen MR) is 93.9 cm³/mol. The Balaban J connectivity index is 1.76. The summed E-state index contributed by atoms with van der Waals surface area (Å²) in [6, 6.07) is 4.90. The molecule has 0 spiro atoms. The standard InChI is InChI=1S/C19H25FN2O3/c1-13-15(14-4-3-5-16(20)18(14)21-13)10-17(24)22(2)11-19(12-23)6-8-25-9-7-19/h3-5,21,23H,6-12H2,1-2H3. The molecule has 0 atom stereocenters. The van der Waals surface area contributed by atoms with Crippen LogP contribution in [-0.4, -0.2) is 54.3 Å². The molecule has 1 aromatic carbocycles. The van der Waals surface area contributed by atoms with Crippen LogP contribution in [0, 0.1) is 18.2 Å². The Bertz CT molecular complexity index is 765. The molecule has 6 heteroatoms. The minimum atomic E-state index is -0.311. The SMILES string of the molecule is Cc1[nH]c2c(F)cccc2c1CC(=O)N(C)CC1(CO)CCOCC1. The molecule has 25 heavy (non-hydrogen) atoms. The number of aliphatic hydroxyl groups is 1. The van der Waals surface area contributed by atoms with E-state index in [1.807, 2.05) is 13.0 Å². The fraction of sp³-hybridized carbons (Fsp3) is 0.526. The number of aromatic nitrogens is 1. The van der Waals surface area contributed by atoms with E-state index in [2.05, 4.69) is 4.98 Å². The average Bonchev–Trinajstić information content (AvgIpc) is 2.93. The first kappa shape index (κ1) is 17.9. The second-order valence-electron chi connectivity index (χ2n) is 7.09. The largest absolute Gasteiger partial charge is 0.396 e. The van der Waals surface area contributed by atoms with Gasteiger partial charge >= 0.3 is 0 Å². The van der Waals surface area contributed by atoms with E-state index in [0.717, 1.165) is 29.5 Å². The van der Waals surface area contributed by atoms with Gasteiger partial charge in [0.1, 0.15) is 5.82 Å². The molecule has 1 aliphatic heterocycles. The maximum atomic E-state index is 13.9. The Labute approximate surface area is 146 Å². The van der Waals surface area contributed by atoms with Crippen molar-refractivity contribution in [2.24, 2.45) is 5.41 Å². The Morgan fingerprint density at radius 1 is 1.40 bits per heavy atom. The van der Waals surface area contributed by atoms with Crippen LogP contribution in [0.1, 0.15) is 24.1 Å². The van der Waals surface area contributed by atoms with Gasteiger partial charge in [0, 0.05) is 43.3 Å². The van der Waals surface area contributed by atoms with E-state index in [9.17, 15) is 14.3 Å². The topological polar surface area (TPSA) is 65.6 Å². The molecule has 0 aliphatic carbocycles. The zero-order chi connectivity index (χ0) is 18.0. The highest BCUT2D eigenvalue weighted by molar-refractivity contribution is 5.90. The number of aromatic amines is 1. The van der Waals surface area contributed by atoms with Gasteiger partial charge in [-0.1, -0.05) is 12.1 Å². The van der Waals surface area contributed by atoms with Crippen LogP contribution in [0.4, 0.5) is 4.39 Å². The Morgan fingerprint density at radius 2 is 2.12 bits per heavy atom. The number of H-pyrrole nitrogens is 1. The fourth-order valence-electron chi connectivity index (χ4n) is 3.64. The number of likely N-dealkylation sites (N-methyl/N-ethyl adjacent to an activating group) is 1. The first-order valence-corrected chi connectivity index (χ1v) is 8.64. The van der Waals surface area contributed by atoms with Gasteiger partial charge in [-0.2, -0.15) is 0 Å². The van der Waals surface area contributed by atoms with E-state index in [-0.39, 0.29) is 30.2 Å². The summed E-state index contributed by atoms with van der Waals surface area (Å²) in [6.45, 7) is 3.63. The fourth-order valence-corrected chi connectivity index (χ4v) is 3.64. The van der Waals surface area contributed by atoms with Crippen molar-refractivity contribution in [3.05, 3.63) is 35.3 Å². The number of rotatable bonds is 5. The number of halogens is 1. The number of fused-ring (bicyclic) bond motifs is 1. The molecule has 1 aliphatic rings. The minimum absolute atomic E-state index is 0.0346. The van der Waals surface area contributed by atoms with Crippen LogP contribution in [0.25, 0.3) is 10.9 Å². The summed E-state index contributed by atoms with van der Waals surface area (Å²) in [7, 11) is 1.76. The van der Waals surface area contributed by atoms with E-state index >= 15 is 0 Å². The van der Waals surface area contributed by atoms with Gasteiger partial charge in [0.2, 0.25) is 5.91 Å². The van der Waals surface area contributed by atoms with Gasteiger partial charge in [-0.15, -0.1) is 0 Å². The van der Waals surface area contributed by atoms with Crippen molar-refractivity contribution < 1.29 is 19.0 Å². The number of aryl methyl sites for hydroxylation is 1. The molecule has 1 aromatic heterocycles. The number of carbonyl (C=O) groups excluding carboxylic acids is 1. The number of aliphatic hydroxyl groups excluding tert-OH is 1. The third-order valence-corrected chi connectivity index (χ3v) is 5.32.